The number of nitrogens with one attached hydrogen (secondary N) is 1. The molecule has 0 unspecified atom stereocenters. The second kappa shape index (κ2) is 11.4. The van der Waals surface area contributed by atoms with E-state index in [1.165, 1.54) is 0 Å². The number of hydrogen-bond donors (Lipinski definition) is 2. The van der Waals surface area contributed by atoms with Crippen LogP contribution in [0.25, 0.3) is 0 Å². The maximum Gasteiger partial charge on any atom is 0.330 e. The summed E-state index contributed by atoms with van der Waals surface area (Å²) in [5.41, 5.74) is 7.58. The lowest BCUT2D eigenvalue weighted by Gasteiger charge is -2.25. The molecular weight excluding hydrogens is 362 g/mol. The maximum atomic E-state index is 12.0. The number of amides is 1. The van der Waals surface area contributed by atoms with Gasteiger partial charge in [-0.15, -0.1) is 0 Å². The van der Waals surface area contributed by atoms with Crippen molar-refractivity contribution in [2.24, 2.45) is 5.92 Å². The van der Waals surface area contributed by atoms with Gasteiger partial charge in [-0.1, -0.05) is 27.0 Å². The molecule has 1 aromatic carbocycles. The number of rotatable bonds is 11. The molecule has 0 heterocycles. The molecule has 0 atom stereocenters. The van der Waals surface area contributed by atoms with Crippen molar-refractivity contribution in [3.63, 3.8) is 0 Å². The average molecular weight is 389 g/mol. The van der Waals surface area contributed by atoms with E-state index in [4.69, 9.17) is 15.2 Å². The zero-order valence-electron chi connectivity index (χ0n) is 16.3. The summed E-state index contributed by atoms with van der Waals surface area (Å²) in [6.45, 7) is 11.2. The lowest BCUT2D eigenvalue weighted by atomic mass is 10.1. The van der Waals surface area contributed by atoms with Gasteiger partial charge in [-0.2, -0.15) is 0 Å². The van der Waals surface area contributed by atoms with Crippen LogP contribution in [0, 0.1) is 5.92 Å². The van der Waals surface area contributed by atoms with E-state index in [1.807, 2.05) is 4.90 Å². The zero-order valence-corrected chi connectivity index (χ0v) is 16.3. The molecule has 0 bridgehead atoms. The third-order valence-electron chi connectivity index (χ3n) is 3.73. The molecule has 0 aromatic heterocycles. The van der Waals surface area contributed by atoms with E-state index in [9.17, 15) is 14.4 Å². The van der Waals surface area contributed by atoms with Gasteiger partial charge in [-0.05, 0) is 18.2 Å². The minimum atomic E-state index is -0.528. The molecule has 1 aromatic rings. The first-order valence-electron chi connectivity index (χ1n) is 8.82. The Balaban J connectivity index is 2.94. The molecule has 152 valence electrons. The van der Waals surface area contributed by atoms with Crippen molar-refractivity contribution in [2.45, 2.75) is 13.8 Å². The van der Waals surface area contributed by atoms with E-state index in [1.54, 1.807) is 32.0 Å². The monoisotopic (exact) mass is 389 g/mol. The van der Waals surface area contributed by atoms with Gasteiger partial charge in [0.05, 0.1) is 24.5 Å². The quantitative estimate of drug-likeness (QED) is 0.339. The van der Waals surface area contributed by atoms with Crippen LogP contribution in [-0.2, 0) is 23.9 Å². The smallest absolute Gasteiger partial charge is 0.330 e. The highest BCUT2D eigenvalue weighted by atomic mass is 16.5. The molecule has 0 fully saturated rings. The van der Waals surface area contributed by atoms with E-state index in [0.29, 0.717) is 24.5 Å². The van der Waals surface area contributed by atoms with Crippen LogP contribution in [0.3, 0.4) is 0 Å². The van der Waals surface area contributed by atoms with Crippen molar-refractivity contribution in [3.8, 4) is 0 Å². The number of carbonyl (C=O) groups is 3. The van der Waals surface area contributed by atoms with Crippen LogP contribution in [0.1, 0.15) is 13.8 Å². The number of hydrogen-bond acceptors (Lipinski definition) is 7. The Hall–Kier alpha value is -3.29. The fraction of sp³-hybridized carbons (Fsp3) is 0.350. The van der Waals surface area contributed by atoms with Gasteiger partial charge in [-0.3, -0.25) is 4.79 Å². The van der Waals surface area contributed by atoms with E-state index in [2.05, 4.69) is 18.5 Å². The average Bonchev–Trinajstić information content (AvgIpc) is 2.67. The Morgan fingerprint density at radius 1 is 1.11 bits per heavy atom. The van der Waals surface area contributed by atoms with E-state index < -0.39 is 11.9 Å². The standard InChI is InChI=1S/C20H27N3O5/c1-5-18(24)27-11-9-23(10-12-28-19(25)6-2)15-7-8-16(21)17(13-15)22-20(26)14(3)4/h5-8,13-14H,1-2,9-12,21H2,3-4H3,(H,22,26). The van der Waals surface area contributed by atoms with Crippen molar-refractivity contribution < 1.29 is 23.9 Å². The molecule has 28 heavy (non-hydrogen) atoms. The molecule has 8 nitrogen and oxygen atoms in total. The summed E-state index contributed by atoms with van der Waals surface area (Å²) in [7, 11) is 0. The number of carbonyl (C=O) groups excluding carboxylic acids is 3. The summed E-state index contributed by atoms with van der Waals surface area (Å²) >= 11 is 0. The number of nitrogens with zero attached hydrogens (tertiary/aromatic N) is 1. The van der Waals surface area contributed by atoms with Crippen LogP contribution in [-0.4, -0.2) is 44.1 Å². The molecule has 0 saturated carbocycles. The van der Waals surface area contributed by atoms with Crippen LogP contribution in [0.4, 0.5) is 17.1 Å². The summed E-state index contributed by atoms with van der Waals surface area (Å²) in [6.07, 6.45) is 2.16. The van der Waals surface area contributed by atoms with Crippen LogP contribution < -0.4 is 16.0 Å². The third kappa shape index (κ3) is 7.53. The van der Waals surface area contributed by atoms with Crippen molar-refractivity contribution >= 4 is 34.9 Å². The van der Waals surface area contributed by atoms with Crippen LogP contribution >= 0.6 is 0 Å². The Kier molecular flexibility index (Phi) is 9.29. The fourth-order valence-electron chi connectivity index (χ4n) is 2.13. The van der Waals surface area contributed by atoms with Crippen molar-refractivity contribution in [3.05, 3.63) is 43.5 Å². The van der Waals surface area contributed by atoms with Gasteiger partial charge in [0.1, 0.15) is 13.2 Å². The van der Waals surface area contributed by atoms with Crippen molar-refractivity contribution in [2.75, 3.05) is 42.3 Å². The van der Waals surface area contributed by atoms with Gasteiger partial charge >= 0.3 is 11.9 Å². The van der Waals surface area contributed by atoms with Gasteiger partial charge in [0.2, 0.25) is 5.91 Å². The Labute approximate surface area is 165 Å². The highest BCUT2D eigenvalue weighted by molar-refractivity contribution is 5.95. The highest BCUT2D eigenvalue weighted by Crippen LogP contribution is 2.26. The largest absolute Gasteiger partial charge is 0.461 e. The number of esters is 2. The van der Waals surface area contributed by atoms with E-state index in [0.717, 1.165) is 17.8 Å². The van der Waals surface area contributed by atoms with Gasteiger partial charge in [0, 0.05) is 23.8 Å². The number of benzene rings is 1. The summed E-state index contributed by atoms with van der Waals surface area (Å²) in [5.74, 6) is -1.41. The summed E-state index contributed by atoms with van der Waals surface area (Å²) in [5, 5.41) is 2.78. The molecule has 0 saturated heterocycles. The van der Waals surface area contributed by atoms with E-state index in [-0.39, 0.29) is 25.0 Å². The van der Waals surface area contributed by atoms with Crippen LogP contribution in [0.15, 0.2) is 43.5 Å². The molecule has 0 radical (unpaired) electrons. The first-order valence-corrected chi connectivity index (χ1v) is 8.82. The lowest BCUT2D eigenvalue weighted by molar-refractivity contribution is -0.137. The molecule has 0 aliphatic heterocycles. The summed E-state index contributed by atoms with van der Waals surface area (Å²) in [6, 6.07) is 5.16. The summed E-state index contributed by atoms with van der Waals surface area (Å²) in [4.78, 5) is 36.3. The molecule has 0 spiro atoms. The summed E-state index contributed by atoms with van der Waals surface area (Å²) < 4.78 is 10.0. The Bertz CT molecular complexity index is 705. The van der Waals surface area contributed by atoms with Gasteiger partial charge in [-0.25, -0.2) is 9.59 Å². The molecule has 1 rings (SSSR count). The minimum absolute atomic E-state index is 0.109. The van der Waals surface area contributed by atoms with Crippen molar-refractivity contribution in [1.82, 2.24) is 0 Å². The lowest BCUT2D eigenvalue weighted by Crippen LogP contribution is -2.32. The fourth-order valence-corrected chi connectivity index (χ4v) is 2.13. The second-order valence-corrected chi connectivity index (χ2v) is 6.15. The molecule has 0 aliphatic carbocycles. The van der Waals surface area contributed by atoms with Crippen LogP contribution in [0.5, 0.6) is 0 Å². The van der Waals surface area contributed by atoms with Gasteiger partial charge in [0.25, 0.3) is 0 Å². The third-order valence-corrected chi connectivity index (χ3v) is 3.73. The normalized spacial score (nSPS) is 10.1. The van der Waals surface area contributed by atoms with Gasteiger partial charge < -0.3 is 25.4 Å². The molecule has 1 amide bonds. The number of nitrogens with two attached hydrogens (primary N) is 1. The van der Waals surface area contributed by atoms with Gasteiger partial charge in [0.15, 0.2) is 0 Å². The van der Waals surface area contributed by atoms with Crippen LogP contribution in [0.2, 0.25) is 0 Å². The second-order valence-electron chi connectivity index (χ2n) is 6.15. The SMILES string of the molecule is C=CC(=O)OCCN(CCOC(=O)C=C)c1ccc(N)c(NC(=O)C(C)C)c1. The number of ether oxygens (including phenoxy) is 2. The number of anilines is 3. The first-order chi connectivity index (χ1) is 13.3. The molecule has 0 aliphatic rings. The highest BCUT2D eigenvalue weighted by Gasteiger charge is 2.14. The van der Waals surface area contributed by atoms with Crippen molar-refractivity contribution in [1.29, 1.82) is 0 Å². The topological polar surface area (TPSA) is 111 Å². The predicted molar refractivity (Wildman–Crippen MR) is 109 cm³/mol. The first kappa shape index (κ1) is 22.8. The zero-order chi connectivity index (χ0) is 21.1. The Morgan fingerprint density at radius 3 is 2.11 bits per heavy atom. The predicted octanol–water partition coefficient (Wildman–Crippen LogP) is 2.13. The molecule has 3 N–H and O–H groups in total. The molecular formula is C20H27N3O5. The molecule has 8 heteroatoms. The minimum Gasteiger partial charge on any atom is -0.461 e. The Morgan fingerprint density at radius 2 is 1.64 bits per heavy atom. The van der Waals surface area contributed by atoms with E-state index >= 15 is 0 Å². The maximum absolute atomic E-state index is 12.0. The number of nitrogen functional groups attached to an aromatic ring is 1.